The minimum Gasteiger partial charge on any atom is -0.465 e. The van der Waals surface area contributed by atoms with E-state index in [1.807, 2.05) is 0 Å². The smallest absolute Gasteiger partial charge is 0.404 e. The van der Waals surface area contributed by atoms with Crippen LogP contribution >= 0.6 is 15.9 Å². The molecule has 0 bridgehead atoms. The van der Waals surface area contributed by atoms with Crippen molar-refractivity contribution in [3.8, 4) is 0 Å². The van der Waals surface area contributed by atoms with Crippen LogP contribution in [0.1, 0.15) is 0 Å². The van der Waals surface area contributed by atoms with Gasteiger partial charge in [0.05, 0.1) is 10.9 Å². The van der Waals surface area contributed by atoms with Crippen molar-refractivity contribution in [2.24, 2.45) is 7.05 Å². The lowest BCUT2D eigenvalue weighted by atomic mass is 10.2. The Bertz CT molecular complexity index is 794. The first-order valence-corrected chi connectivity index (χ1v) is 6.57. The number of benzene rings is 1. The minimum absolute atomic E-state index is 0.00743. The molecule has 1 amide bonds. The fourth-order valence-electron chi connectivity index (χ4n) is 1.95. The number of carboxylic acid groups (broad SMARTS) is 1. The number of fused-ring (bicyclic) bond motifs is 1. The normalized spacial score (nSPS) is 10.7. The maximum absolute atomic E-state index is 12.2. The summed E-state index contributed by atoms with van der Waals surface area (Å²) in [7, 11) is 1.57. The van der Waals surface area contributed by atoms with Gasteiger partial charge < -0.3 is 10.4 Å². The fraction of sp³-hybridized carbons (Fsp3) is 0.250. The number of rotatable bonds is 3. The van der Waals surface area contributed by atoms with Gasteiger partial charge in [-0.05, 0) is 18.2 Å². The molecule has 0 unspecified atom stereocenters. The van der Waals surface area contributed by atoms with Crippen molar-refractivity contribution in [1.82, 2.24) is 14.5 Å². The lowest BCUT2D eigenvalue weighted by Crippen LogP contribution is -2.41. The summed E-state index contributed by atoms with van der Waals surface area (Å²) in [4.78, 5) is 34.8. The summed E-state index contributed by atoms with van der Waals surface area (Å²) < 4.78 is 3.15. The predicted octanol–water partition coefficient (Wildman–Crippen LogP) is 0.730. The number of nitrogens with one attached hydrogen (secondary N) is 1. The van der Waals surface area contributed by atoms with Gasteiger partial charge in [-0.25, -0.2) is 9.59 Å². The first-order chi connectivity index (χ1) is 9.41. The van der Waals surface area contributed by atoms with Crippen LogP contribution in [0.15, 0.2) is 32.3 Å². The van der Waals surface area contributed by atoms with Gasteiger partial charge in [0.25, 0.3) is 5.56 Å². The Hall–Kier alpha value is -2.09. The number of carbonyl (C=O) groups is 1. The number of amides is 1. The molecule has 8 heteroatoms. The number of aryl methyl sites for hydroxylation is 1. The molecule has 0 fully saturated rings. The molecule has 2 aromatic rings. The molecule has 106 valence electrons. The van der Waals surface area contributed by atoms with E-state index < -0.39 is 17.3 Å². The van der Waals surface area contributed by atoms with Crippen LogP contribution in [-0.4, -0.2) is 26.9 Å². The van der Waals surface area contributed by atoms with E-state index in [4.69, 9.17) is 5.11 Å². The highest BCUT2D eigenvalue weighted by Gasteiger charge is 2.11. The Balaban J connectivity index is 2.56. The number of hydrogen-bond acceptors (Lipinski definition) is 3. The van der Waals surface area contributed by atoms with Crippen molar-refractivity contribution in [3.63, 3.8) is 0 Å². The molecule has 2 N–H and O–H groups in total. The van der Waals surface area contributed by atoms with Crippen molar-refractivity contribution < 1.29 is 9.90 Å². The molecule has 20 heavy (non-hydrogen) atoms. The number of nitrogens with zero attached hydrogens (tertiary/aromatic N) is 2. The number of halogens is 1. The summed E-state index contributed by atoms with van der Waals surface area (Å²) in [5.41, 5.74) is -0.382. The molecule has 0 atom stereocenters. The highest BCUT2D eigenvalue weighted by atomic mass is 79.9. The van der Waals surface area contributed by atoms with Gasteiger partial charge >= 0.3 is 11.8 Å². The maximum atomic E-state index is 12.2. The second-order valence-electron chi connectivity index (χ2n) is 4.19. The summed E-state index contributed by atoms with van der Waals surface area (Å²) in [6.45, 7) is -0.0175. The zero-order valence-electron chi connectivity index (χ0n) is 10.6. The van der Waals surface area contributed by atoms with Crippen molar-refractivity contribution in [2.45, 2.75) is 6.54 Å². The van der Waals surface area contributed by atoms with E-state index in [1.54, 1.807) is 25.2 Å². The van der Waals surface area contributed by atoms with Gasteiger partial charge in [0.15, 0.2) is 0 Å². The molecular formula is C12H12BrN3O4. The quantitative estimate of drug-likeness (QED) is 0.860. The van der Waals surface area contributed by atoms with Crippen LogP contribution in [0.4, 0.5) is 4.79 Å². The van der Waals surface area contributed by atoms with Gasteiger partial charge in [-0.1, -0.05) is 15.9 Å². The highest BCUT2D eigenvalue weighted by molar-refractivity contribution is 9.10. The molecular weight excluding hydrogens is 330 g/mol. The number of aromatic nitrogens is 2. The van der Waals surface area contributed by atoms with Crippen LogP contribution in [0.2, 0.25) is 0 Å². The molecule has 0 aliphatic carbocycles. The predicted molar refractivity (Wildman–Crippen MR) is 77.2 cm³/mol. The van der Waals surface area contributed by atoms with E-state index in [0.29, 0.717) is 10.9 Å². The zero-order valence-corrected chi connectivity index (χ0v) is 12.2. The molecule has 0 radical (unpaired) electrons. The molecule has 1 aromatic carbocycles. The average molecular weight is 342 g/mol. The highest BCUT2D eigenvalue weighted by Crippen LogP contribution is 2.15. The molecule has 7 nitrogen and oxygen atoms in total. The first kappa shape index (κ1) is 14.3. The SMILES string of the molecule is Cn1c(=O)n(CCNC(=O)O)c(=O)c2ccc(Br)cc21. The third kappa shape index (κ3) is 2.60. The topological polar surface area (TPSA) is 93.3 Å². The third-order valence-electron chi connectivity index (χ3n) is 2.93. The lowest BCUT2D eigenvalue weighted by Gasteiger charge is -2.10. The van der Waals surface area contributed by atoms with Gasteiger partial charge in [-0.2, -0.15) is 0 Å². The van der Waals surface area contributed by atoms with E-state index >= 15 is 0 Å². The van der Waals surface area contributed by atoms with Gasteiger partial charge in [-0.15, -0.1) is 0 Å². The van der Waals surface area contributed by atoms with Crippen LogP contribution < -0.4 is 16.6 Å². The molecule has 1 aromatic heterocycles. The molecule has 0 saturated heterocycles. The second kappa shape index (κ2) is 5.49. The average Bonchev–Trinajstić information content (AvgIpc) is 2.39. The molecule has 2 rings (SSSR count). The van der Waals surface area contributed by atoms with Gasteiger partial charge in [0.2, 0.25) is 0 Å². The van der Waals surface area contributed by atoms with Crippen LogP contribution in [0.3, 0.4) is 0 Å². The van der Waals surface area contributed by atoms with Crippen LogP contribution in [0, 0.1) is 0 Å². The Labute approximate surface area is 121 Å². The summed E-state index contributed by atoms with van der Waals surface area (Å²) in [6.07, 6.45) is -1.19. The molecule has 0 aliphatic heterocycles. The fourth-order valence-corrected chi connectivity index (χ4v) is 2.30. The standard InChI is InChI=1S/C12H12BrN3O4/c1-15-9-6-7(13)2-3-8(9)10(17)16(12(15)20)5-4-14-11(18)19/h2-3,6,14H,4-5H2,1H3,(H,18,19). The zero-order chi connectivity index (χ0) is 14.9. The van der Waals surface area contributed by atoms with Crippen LogP contribution in [0.25, 0.3) is 10.9 Å². The van der Waals surface area contributed by atoms with E-state index in [-0.39, 0.29) is 13.1 Å². The maximum Gasteiger partial charge on any atom is 0.404 e. The Morgan fingerprint density at radius 1 is 1.40 bits per heavy atom. The van der Waals surface area contributed by atoms with E-state index in [0.717, 1.165) is 9.04 Å². The molecule has 0 saturated carbocycles. The van der Waals surface area contributed by atoms with Crippen molar-refractivity contribution in [2.75, 3.05) is 6.54 Å². The van der Waals surface area contributed by atoms with Gasteiger partial charge in [-0.3, -0.25) is 13.9 Å². The van der Waals surface area contributed by atoms with E-state index in [9.17, 15) is 14.4 Å². The summed E-state index contributed by atoms with van der Waals surface area (Å²) >= 11 is 3.29. The molecule has 0 spiro atoms. The van der Waals surface area contributed by atoms with E-state index in [1.165, 1.54) is 4.57 Å². The minimum atomic E-state index is -1.19. The van der Waals surface area contributed by atoms with Crippen molar-refractivity contribution >= 4 is 32.9 Å². The Morgan fingerprint density at radius 2 is 2.10 bits per heavy atom. The van der Waals surface area contributed by atoms with Crippen molar-refractivity contribution in [1.29, 1.82) is 0 Å². The second-order valence-corrected chi connectivity index (χ2v) is 5.11. The molecule has 1 heterocycles. The van der Waals surface area contributed by atoms with Crippen LogP contribution in [-0.2, 0) is 13.6 Å². The largest absolute Gasteiger partial charge is 0.465 e. The van der Waals surface area contributed by atoms with Crippen LogP contribution in [0.5, 0.6) is 0 Å². The lowest BCUT2D eigenvalue weighted by molar-refractivity contribution is 0.194. The Kier molecular flexibility index (Phi) is 3.93. The van der Waals surface area contributed by atoms with E-state index in [2.05, 4.69) is 21.2 Å². The van der Waals surface area contributed by atoms with Gasteiger partial charge in [0.1, 0.15) is 0 Å². The first-order valence-electron chi connectivity index (χ1n) is 5.77. The third-order valence-corrected chi connectivity index (χ3v) is 3.42. The number of hydrogen-bond donors (Lipinski definition) is 2. The monoisotopic (exact) mass is 341 g/mol. The Morgan fingerprint density at radius 3 is 2.75 bits per heavy atom. The summed E-state index contributed by atoms with van der Waals surface area (Å²) in [5, 5.41) is 11.0. The molecule has 0 aliphatic rings. The van der Waals surface area contributed by atoms with Crippen molar-refractivity contribution in [3.05, 3.63) is 43.5 Å². The van der Waals surface area contributed by atoms with Gasteiger partial charge in [0, 0.05) is 24.6 Å². The summed E-state index contributed by atoms with van der Waals surface area (Å²) in [6, 6.07) is 5.04. The summed E-state index contributed by atoms with van der Waals surface area (Å²) in [5.74, 6) is 0.